The van der Waals surface area contributed by atoms with Gasteiger partial charge in [0.2, 0.25) is 0 Å². The van der Waals surface area contributed by atoms with Crippen LogP contribution in [0.2, 0.25) is 0 Å². The molecule has 1 rings (SSSR count). The second-order valence-electron chi connectivity index (χ2n) is 5.10. The van der Waals surface area contributed by atoms with Gasteiger partial charge in [-0.25, -0.2) is 0 Å². The average molecular weight is 269 g/mol. The lowest BCUT2D eigenvalue weighted by atomic mass is 9.97. The SMILES string of the molecule is COC1C=CCNCCCOCC(C)=CC(C)C1O. The van der Waals surface area contributed by atoms with Crippen molar-refractivity contribution >= 4 is 0 Å². The van der Waals surface area contributed by atoms with E-state index in [4.69, 9.17) is 9.47 Å². The van der Waals surface area contributed by atoms with Gasteiger partial charge in [-0.15, -0.1) is 0 Å². The molecule has 3 unspecified atom stereocenters. The Morgan fingerprint density at radius 1 is 1.47 bits per heavy atom. The third-order valence-electron chi connectivity index (χ3n) is 3.25. The maximum Gasteiger partial charge on any atom is 0.102 e. The van der Waals surface area contributed by atoms with E-state index in [0.29, 0.717) is 6.61 Å². The lowest BCUT2D eigenvalue weighted by molar-refractivity contribution is -0.00201. The third-order valence-corrected chi connectivity index (χ3v) is 3.25. The Balaban J connectivity index is 2.71. The van der Waals surface area contributed by atoms with Gasteiger partial charge >= 0.3 is 0 Å². The van der Waals surface area contributed by atoms with E-state index in [2.05, 4.69) is 11.4 Å². The molecule has 0 amide bonds. The van der Waals surface area contributed by atoms with Gasteiger partial charge in [0.1, 0.15) is 6.10 Å². The van der Waals surface area contributed by atoms with Crippen molar-refractivity contribution in [2.24, 2.45) is 5.92 Å². The van der Waals surface area contributed by atoms with Crippen molar-refractivity contribution in [3.63, 3.8) is 0 Å². The van der Waals surface area contributed by atoms with Gasteiger partial charge in [0.05, 0.1) is 12.7 Å². The summed E-state index contributed by atoms with van der Waals surface area (Å²) in [5, 5.41) is 13.6. The number of aliphatic hydroxyl groups is 1. The molecule has 0 aliphatic carbocycles. The third kappa shape index (κ3) is 6.34. The van der Waals surface area contributed by atoms with E-state index >= 15 is 0 Å². The van der Waals surface area contributed by atoms with Gasteiger partial charge in [0.25, 0.3) is 0 Å². The highest BCUT2D eigenvalue weighted by Gasteiger charge is 2.21. The summed E-state index contributed by atoms with van der Waals surface area (Å²) in [7, 11) is 1.63. The quantitative estimate of drug-likeness (QED) is 0.709. The molecule has 0 saturated heterocycles. The minimum Gasteiger partial charge on any atom is -0.389 e. The van der Waals surface area contributed by atoms with Gasteiger partial charge in [-0.3, -0.25) is 0 Å². The molecule has 0 fully saturated rings. The highest BCUT2D eigenvalue weighted by molar-refractivity contribution is 5.05. The zero-order valence-electron chi connectivity index (χ0n) is 12.3. The lowest BCUT2D eigenvalue weighted by Crippen LogP contribution is -2.32. The second-order valence-corrected chi connectivity index (χ2v) is 5.10. The van der Waals surface area contributed by atoms with Gasteiger partial charge in [-0.05, 0) is 19.9 Å². The van der Waals surface area contributed by atoms with E-state index in [-0.39, 0.29) is 12.0 Å². The molecule has 1 heterocycles. The molecule has 19 heavy (non-hydrogen) atoms. The maximum atomic E-state index is 10.3. The monoisotopic (exact) mass is 269 g/mol. The first-order chi connectivity index (χ1) is 9.15. The summed E-state index contributed by atoms with van der Waals surface area (Å²) in [4.78, 5) is 0. The maximum absolute atomic E-state index is 10.3. The molecular formula is C15H27NO3. The van der Waals surface area contributed by atoms with Gasteiger partial charge < -0.3 is 19.9 Å². The number of hydrogen-bond acceptors (Lipinski definition) is 4. The summed E-state index contributed by atoms with van der Waals surface area (Å²) in [5.74, 6) is 0.0362. The van der Waals surface area contributed by atoms with Crippen LogP contribution >= 0.6 is 0 Å². The minimum atomic E-state index is -0.542. The molecule has 110 valence electrons. The number of hydrogen-bond donors (Lipinski definition) is 2. The van der Waals surface area contributed by atoms with Crippen LogP contribution in [0, 0.1) is 5.92 Å². The van der Waals surface area contributed by atoms with E-state index in [1.807, 2.05) is 26.0 Å². The molecule has 0 radical (unpaired) electrons. The molecule has 0 spiro atoms. The van der Waals surface area contributed by atoms with Crippen LogP contribution in [0.5, 0.6) is 0 Å². The Labute approximate surface area is 116 Å². The van der Waals surface area contributed by atoms with Crippen molar-refractivity contribution < 1.29 is 14.6 Å². The fourth-order valence-corrected chi connectivity index (χ4v) is 2.15. The van der Waals surface area contributed by atoms with Crippen LogP contribution < -0.4 is 5.32 Å². The summed E-state index contributed by atoms with van der Waals surface area (Å²) in [6.45, 7) is 7.15. The van der Waals surface area contributed by atoms with Crippen LogP contribution in [0.15, 0.2) is 23.8 Å². The molecule has 4 nitrogen and oxygen atoms in total. The predicted octanol–water partition coefficient (Wildman–Crippen LogP) is 1.51. The van der Waals surface area contributed by atoms with Gasteiger partial charge in [-0.2, -0.15) is 0 Å². The van der Waals surface area contributed by atoms with Crippen LogP contribution in [0.3, 0.4) is 0 Å². The van der Waals surface area contributed by atoms with E-state index in [1.165, 1.54) is 0 Å². The number of rotatable bonds is 1. The smallest absolute Gasteiger partial charge is 0.102 e. The Bertz CT molecular complexity index is 302. The first-order valence-electron chi connectivity index (χ1n) is 6.98. The Kier molecular flexibility index (Phi) is 7.98. The van der Waals surface area contributed by atoms with E-state index in [9.17, 15) is 5.11 Å². The van der Waals surface area contributed by atoms with E-state index < -0.39 is 6.10 Å². The highest BCUT2D eigenvalue weighted by atomic mass is 16.5. The molecule has 0 aromatic carbocycles. The van der Waals surface area contributed by atoms with Crippen LogP contribution in [0.25, 0.3) is 0 Å². The predicted molar refractivity (Wildman–Crippen MR) is 77.2 cm³/mol. The minimum absolute atomic E-state index is 0.0362. The fraction of sp³-hybridized carbons (Fsp3) is 0.733. The lowest BCUT2D eigenvalue weighted by Gasteiger charge is -2.23. The van der Waals surface area contributed by atoms with Gasteiger partial charge in [0.15, 0.2) is 0 Å². The average Bonchev–Trinajstić information content (AvgIpc) is 2.39. The van der Waals surface area contributed by atoms with Crippen LogP contribution in [0.4, 0.5) is 0 Å². The summed E-state index contributed by atoms with van der Waals surface area (Å²) in [6, 6.07) is 0. The van der Waals surface area contributed by atoms with Crippen molar-refractivity contribution in [2.45, 2.75) is 32.5 Å². The standard InChI is InChI=1S/C15H27NO3/c1-12-10-13(2)15(17)14(18-3)6-4-7-16-8-5-9-19-11-12/h4,6,10,13-17H,5,7-9,11H2,1-3H3. The molecule has 0 saturated carbocycles. The molecule has 4 heteroatoms. The molecular weight excluding hydrogens is 242 g/mol. The zero-order valence-corrected chi connectivity index (χ0v) is 12.3. The normalized spacial score (nSPS) is 31.6. The summed E-state index contributed by atoms with van der Waals surface area (Å²) in [5.41, 5.74) is 1.15. The molecule has 1 aliphatic rings. The Morgan fingerprint density at radius 3 is 3.00 bits per heavy atom. The van der Waals surface area contributed by atoms with Crippen molar-refractivity contribution in [3.8, 4) is 0 Å². The van der Waals surface area contributed by atoms with Crippen LogP contribution in [0.1, 0.15) is 20.3 Å². The van der Waals surface area contributed by atoms with Crippen LogP contribution in [-0.2, 0) is 9.47 Å². The molecule has 1 aliphatic heterocycles. The Hall–Kier alpha value is -0.680. The summed E-state index contributed by atoms with van der Waals surface area (Å²) in [6.07, 6.45) is 6.19. The molecule has 2 N–H and O–H groups in total. The number of aliphatic hydroxyl groups excluding tert-OH is 1. The van der Waals surface area contributed by atoms with E-state index in [0.717, 1.165) is 31.7 Å². The van der Waals surface area contributed by atoms with Gasteiger partial charge in [0, 0.05) is 26.2 Å². The fourth-order valence-electron chi connectivity index (χ4n) is 2.15. The second kappa shape index (κ2) is 9.26. The first kappa shape index (κ1) is 16.4. The largest absolute Gasteiger partial charge is 0.389 e. The summed E-state index contributed by atoms with van der Waals surface area (Å²) < 4.78 is 10.9. The molecule has 0 bridgehead atoms. The van der Waals surface area contributed by atoms with Crippen LogP contribution in [-0.4, -0.2) is 50.7 Å². The topological polar surface area (TPSA) is 50.7 Å². The molecule has 3 atom stereocenters. The first-order valence-corrected chi connectivity index (χ1v) is 6.98. The number of nitrogens with one attached hydrogen (secondary N) is 1. The number of ether oxygens (including phenoxy) is 2. The zero-order chi connectivity index (χ0) is 14.1. The van der Waals surface area contributed by atoms with Crippen molar-refractivity contribution in [1.82, 2.24) is 5.32 Å². The molecule has 0 aromatic rings. The van der Waals surface area contributed by atoms with Gasteiger partial charge in [-0.1, -0.05) is 30.7 Å². The van der Waals surface area contributed by atoms with Crippen molar-refractivity contribution in [2.75, 3.05) is 33.4 Å². The summed E-state index contributed by atoms with van der Waals surface area (Å²) >= 11 is 0. The van der Waals surface area contributed by atoms with Crippen molar-refractivity contribution in [1.29, 1.82) is 0 Å². The highest BCUT2D eigenvalue weighted by Crippen LogP contribution is 2.15. The number of methoxy groups -OCH3 is 1. The Morgan fingerprint density at radius 2 is 2.26 bits per heavy atom. The molecule has 0 aromatic heterocycles. The van der Waals surface area contributed by atoms with Crippen molar-refractivity contribution in [3.05, 3.63) is 23.8 Å². The van der Waals surface area contributed by atoms with E-state index in [1.54, 1.807) is 7.11 Å².